The van der Waals surface area contributed by atoms with Gasteiger partial charge in [-0.2, -0.15) is 10.1 Å². The summed E-state index contributed by atoms with van der Waals surface area (Å²) in [7, 11) is 0. The highest BCUT2D eigenvalue weighted by Crippen LogP contribution is 2.22. The molecule has 3 heterocycles. The summed E-state index contributed by atoms with van der Waals surface area (Å²) in [5.74, 6) is 2.53. The van der Waals surface area contributed by atoms with Crippen LogP contribution >= 0.6 is 0 Å². The Hall–Kier alpha value is -1.92. The van der Waals surface area contributed by atoms with Gasteiger partial charge < -0.3 is 14.7 Å². The van der Waals surface area contributed by atoms with E-state index in [2.05, 4.69) is 31.9 Å². The van der Waals surface area contributed by atoms with Gasteiger partial charge in [-0.3, -0.25) is 4.79 Å². The molecule has 0 spiro atoms. The summed E-state index contributed by atoms with van der Waals surface area (Å²) in [6, 6.07) is 0. The number of carbonyl (C=O) groups excluding carboxylic acids is 1. The summed E-state index contributed by atoms with van der Waals surface area (Å²) >= 11 is 0. The Labute approximate surface area is 131 Å². The molecular formula is C15H24N6O. The first kappa shape index (κ1) is 15.0. The van der Waals surface area contributed by atoms with E-state index in [0.717, 1.165) is 51.0 Å². The number of hydrogen-bond donors (Lipinski definition) is 0. The van der Waals surface area contributed by atoms with Crippen molar-refractivity contribution < 1.29 is 4.79 Å². The highest BCUT2D eigenvalue weighted by Gasteiger charge is 2.22. The van der Waals surface area contributed by atoms with Gasteiger partial charge in [0, 0.05) is 46.2 Å². The maximum Gasteiger partial charge on any atom is 0.247 e. The van der Waals surface area contributed by atoms with E-state index in [1.54, 1.807) is 13.1 Å². The minimum atomic E-state index is 0.134. The van der Waals surface area contributed by atoms with Crippen molar-refractivity contribution in [3.05, 3.63) is 6.20 Å². The van der Waals surface area contributed by atoms with E-state index in [9.17, 15) is 4.79 Å². The normalized spacial score (nSPS) is 20.4. The summed E-state index contributed by atoms with van der Waals surface area (Å²) in [5.41, 5.74) is 0. The molecule has 0 unspecified atom stereocenters. The average molecular weight is 304 g/mol. The molecule has 0 aromatic carbocycles. The summed E-state index contributed by atoms with van der Waals surface area (Å²) in [5, 5.41) is 8.31. The van der Waals surface area contributed by atoms with Crippen LogP contribution in [0.2, 0.25) is 0 Å². The molecular weight excluding hydrogens is 280 g/mol. The second-order valence-corrected chi connectivity index (χ2v) is 6.28. The smallest absolute Gasteiger partial charge is 0.247 e. The van der Waals surface area contributed by atoms with Gasteiger partial charge in [-0.1, -0.05) is 6.92 Å². The van der Waals surface area contributed by atoms with Crippen LogP contribution in [0.5, 0.6) is 0 Å². The zero-order valence-electron chi connectivity index (χ0n) is 13.4. The van der Waals surface area contributed by atoms with Crippen LogP contribution in [0.3, 0.4) is 0 Å². The average Bonchev–Trinajstić information content (AvgIpc) is 2.56. The van der Waals surface area contributed by atoms with E-state index in [-0.39, 0.29) is 5.91 Å². The summed E-state index contributed by atoms with van der Waals surface area (Å²) < 4.78 is 0. The molecule has 1 aromatic heterocycles. The van der Waals surface area contributed by atoms with Crippen molar-refractivity contribution in [3.63, 3.8) is 0 Å². The SMILES string of the molecule is CC(=O)N1CCN(c2nncc(N3CCC(C)CC3)n2)CC1. The Morgan fingerprint density at radius 1 is 1.09 bits per heavy atom. The Kier molecular flexibility index (Phi) is 4.40. The minimum Gasteiger partial charge on any atom is -0.355 e. The Morgan fingerprint density at radius 3 is 2.41 bits per heavy atom. The van der Waals surface area contributed by atoms with Crippen LogP contribution in [-0.2, 0) is 4.79 Å². The van der Waals surface area contributed by atoms with Gasteiger partial charge in [0.25, 0.3) is 0 Å². The number of rotatable bonds is 2. The lowest BCUT2D eigenvalue weighted by Gasteiger charge is -2.35. The quantitative estimate of drug-likeness (QED) is 0.804. The molecule has 2 aliphatic rings. The monoisotopic (exact) mass is 304 g/mol. The van der Waals surface area contributed by atoms with Crippen LogP contribution in [-0.4, -0.2) is 65.3 Å². The van der Waals surface area contributed by atoms with Gasteiger partial charge in [-0.05, 0) is 18.8 Å². The van der Waals surface area contributed by atoms with Gasteiger partial charge in [-0.15, -0.1) is 5.10 Å². The van der Waals surface area contributed by atoms with Gasteiger partial charge in [0.15, 0.2) is 5.82 Å². The van der Waals surface area contributed by atoms with E-state index >= 15 is 0 Å². The lowest BCUT2D eigenvalue weighted by Crippen LogP contribution is -2.48. The number of carbonyl (C=O) groups is 1. The molecule has 1 amide bonds. The molecule has 3 rings (SSSR count). The Bertz CT molecular complexity index is 521. The van der Waals surface area contributed by atoms with Gasteiger partial charge in [0.05, 0.1) is 6.20 Å². The highest BCUT2D eigenvalue weighted by molar-refractivity contribution is 5.73. The molecule has 0 radical (unpaired) electrons. The van der Waals surface area contributed by atoms with Crippen LogP contribution < -0.4 is 9.80 Å². The molecule has 0 atom stereocenters. The number of anilines is 2. The summed E-state index contributed by atoms with van der Waals surface area (Å²) in [4.78, 5) is 22.3. The number of piperazine rings is 1. The second-order valence-electron chi connectivity index (χ2n) is 6.28. The lowest BCUT2D eigenvalue weighted by molar-refractivity contribution is -0.129. The fraction of sp³-hybridized carbons (Fsp3) is 0.733. The van der Waals surface area contributed by atoms with E-state index in [4.69, 9.17) is 0 Å². The van der Waals surface area contributed by atoms with Crippen molar-refractivity contribution in [2.45, 2.75) is 26.7 Å². The van der Waals surface area contributed by atoms with Crippen molar-refractivity contribution in [3.8, 4) is 0 Å². The molecule has 7 nitrogen and oxygen atoms in total. The van der Waals surface area contributed by atoms with Crippen LogP contribution in [0, 0.1) is 5.92 Å². The van der Waals surface area contributed by atoms with E-state index in [1.807, 2.05) is 4.90 Å². The third kappa shape index (κ3) is 3.28. The largest absolute Gasteiger partial charge is 0.355 e. The van der Waals surface area contributed by atoms with Crippen molar-refractivity contribution in [2.75, 3.05) is 49.1 Å². The Balaban J connectivity index is 1.66. The third-order valence-electron chi connectivity index (χ3n) is 4.65. The highest BCUT2D eigenvalue weighted by atomic mass is 16.2. The van der Waals surface area contributed by atoms with Gasteiger partial charge >= 0.3 is 0 Å². The molecule has 2 fully saturated rings. The van der Waals surface area contributed by atoms with E-state index < -0.39 is 0 Å². The van der Waals surface area contributed by atoms with Gasteiger partial charge in [0.2, 0.25) is 11.9 Å². The first-order valence-corrected chi connectivity index (χ1v) is 8.08. The zero-order chi connectivity index (χ0) is 15.5. The lowest BCUT2D eigenvalue weighted by atomic mass is 9.99. The standard InChI is InChI=1S/C15H24N6O/c1-12-3-5-20(6-4-12)14-11-16-18-15(17-14)21-9-7-19(8-10-21)13(2)22/h11-12H,3-10H2,1-2H3. The predicted molar refractivity (Wildman–Crippen MR) is 84.9 cm³/mol. The molecule has 7 heteroatoms. The molecule has 2 aliphatic heterocycles. The predicted octanol–water partition coefficient (Wildman–Crippen LogP) is 0.776. The second kappa shape index (κ2) is 6.46. The topological polar surface area (TPSA) is 65.5 Å². The minimum absolute atomic E-state index is 0.134. The number of piperidine rings is 1. The summed E-state index contributed by atoms with van der Waals surface area (Å²) in [6.07, 6.45) is 4.17. The van der Waals surface area contributed by atoms with Gasteiger partial charge in [-0.25, -0.2) is 0 Å². The van der Waals surface area contributed by atoms with E-state index in [1.165, 1.54) is 12.8 Å². The van der Waals surface area contributed by atoms with E-state index in [0.29, 0.717) is 5.95 Å². The Morgan fingerprint density at radius 2 is 1.77 bits per heavy atom. The van der Waals surface area contributed by atoms with Gasteiger partial charge in [0.1, 0.15) is 0 Å². The maximum atomic E-state index is 11.4. The number of nitrogens with zero attached hydrogens (tertiary/aromatic N) is 6. The molecule has 0 aliphatic carbocycles. The number of amides is 1. The fourth-order valence-electron chi connectivity index (χ4n) is 3.03. The van der Waals surface area contributed by atoms with Crippen LogP contribution in [0.15, 0.2) is 6.20 Å². The zero-order valence-corrected chi connectivity index (χ0v) is 13.4. The fourth-order valence-corrected chi connectivity index (χ4v) is 3.03. The van der Waals surface area contributed by atoms with Crippen molar-refractivity contribution in [1.29, 1.82) is 0 Å². The third-order valence-corrected chi connectivity index (χ3v) is 4.65. The van der Waals surface area contributed by atoms with Crippen molar-refractivity contribution in [1.82, 2.24) is 20.1 Å². The van der Waals surface area contributed by atoms with Crippen LogP contribution in [0.25, 0.3) is 0 Å². The van der Waals surface area contributed by atoms with Crippen molar-refractivity contribution in [2.24, 2.45) is 5.92 Å². The first-order chi connectivity index (χ1) is 10.6. The number of aromatic nitrogens is 3. The molecule has 0 saturated carbocycles. The van der Waals surface area contributed by atoms with Crippen LogP contribution in [0.4, 0.5) is 11.8 Å². The molecule has 0 bridgehead atoms. The molecule has 120 valence electrons. The summed E-state index contributed by atoms with van der Waals surface area (Å²) in [6.45, 7) is 8.98. The van der Waals surface area contributed by atoms with Crippen molar-refractivity contribution >= 4 is 17.7 Å². The molecule has 22 heavy (non-hydrogen) atoms. The molecule has 1 aromatic rings. The molecule has 2 saturated heterocycles. The molecule has 0 N–H and O–H groups in total. The first-order valence-electron chi connectivity index (χ1n) is 8.08. The maximum absolute atomic E-state index is 11.4. The van der Waals surface area contributed by atoms with Crippen LogP contribution in [0.1, 0.15) is 26.7 Å². The number of hydrogen-bond acceptors (Lipinski definition) is 6.